The Morgan fingerprint density at radius 2 is 1.79 bits per heavy atom. The highest BCUT2D eigenvalue weighted by molar-refractivity contribution is 9.10. The van der Waals surface area contributed by atoms with Gasteiger partial charge in [-0.3, -0.25) is 4.79 Å². The molecule has 3 aromatic rings. The number of esters is 1. The number of Topliss-reactive ketones (excluding diaryl/α,β-unsaturated/α-hetero) is 1. The summed E-state index contributed by atoms with van der Waals surface area (Å²) in [6.45, 7) is 0. The molecular weight excluding hydrogens is 436 g/mol. The van der Waals surface area contributed by atoms with Crippen LogP contribution in [0.3, 0.4) is 0 Å². The topological polar surface area (TPSA) is 61.8 Å². The smallest absolute Gasteiger partial charge is 0.344 e. The molecule has 4 rings (SSSR count). The standard InChI is InChI=1S/C23H15BrO5/c1-27-19-9-5-2-6-14(19)12-21-22(25)17-11-10-15(13-20(17)29-21)28-23(26)16-7-3-4-8-18(16)24/h2-13H,1H3/b21-12-. The lowest BCUT2D eigenvalue weighted by Gasteiger charge is -2.07. The lowest BCUT2D eigenvalue weighted by Crippen LogP contribution is -2.09. The van der Waals surface area contributed by atoms with Crippen molar-refractivity contribution < 1.29 is 23.8 Å². The molecule has 144 valence electrons. The van der Waals surface area contributed by atoms with E-state index in [0.29, 0.717) is 27.1 Å². The Balaban J connectivity index is 1.58. The minimum Gasteiger partial charge on any atom is -0.496 e. The molecule has 0 N–H and O–H groups in total. The Kier molecular flexibility index (Phi) is 5.18. The van der Waals surface area contributed by atoms with E-state index in [0.717, 1.165) is 5.56 Å². The number of fused-ring (bicyclic) bond motifs is 1. The van der Waals surface area contributed by atoms with E-state index in [1.165, 1.54) is 6.07 Å². The maximum atomic E-state index is 12.7. The van der Waals surface area contributed by atoms with Gasteiger partial charge in [0.1, 0.15) is 17.2 Å². The van der Waals surface area contributed by atoms with Gasteiger partial charge in [0.05, 0.1) is 18.2 Å². The molecule has 0 saturated carbocycles. The maximum Gasteiger partial charge on any atom is 0.344 e. The van der Waals surface area contributed by atoms with Gasteiger partial charge in [-0.15, -0.1) is 0 Å². The number of carbonyl (C=O) groups is 2. The SMILES string of the molecule is COc1ccccc1/C=C1\Oc2cc(OC(=O)c3ccccc3Br)ccc2C1=O. The maximum absolute atomic E-state index is 12.7. The fourth-order valence-corrected chi connectivity index (χ4v) is 3.39. The molecule has 0 saturated heterocycles. The van der Waals surface area contributed by atoms with Gasteiger partial charge in [0, 0.05) is 16.1 Å². The van der Waals surface area contributed by atoms with Crippen molar-refractivity contribution in [3.8, 4) is 17.2 Å². The van der Waals surface area contributed by atoms with Crippen molar-refractivity contribution in [3.05, 3.63) is 93.7 Å². The van der Waals surface area contributed by atoms with Gasteiger partial charge in [0.25, 0.3) is 0 Å². The summed E-state index contributed by atoms with van der Waals surface area (Å²) in [5.41, 5.74) is 1.54. The number of para-hydroxylation sites is 1. The number of hydrogen-bond donors (Lipinski definition) is 0. The summed E-state index contributed by atoms with van der Waals surface area (Å²) in [6.07, 6.45) is 1.63. The molecule has 0 aliphatic carbocycles. The molecule has 0 fully saturated rings. The Morgan fingerprint density at radius 3 is 2.59 bits per heavy atom. The molecule has 0 spiro atoms. The zero-order valence-corrected chi connectivity index (χ0v) is 16.9. The zero-order valence-electron chi connectivity index (χ0n) is 15.3. The highest BCUT2D eigenvalue weighted by Gasteiger charge is 2.28. The van der Waals surface area contributed by atoms with Gasteiger partial charge in [-0.05, 0) is 52.3 Å². The van der Waals surface area contributed by atoms with E-state index < -0.39 is 5.97 Å². The van der Waals surface area contributed by atoms with E-state index in [1.54, 1.807) is 49.6 Å². The van der Waals surface area contributed by atoms with Crippen molar-refractivity contribution in [3.63, 3.8) is 0 Å². The highest BCUT2D eigenvalue weighted by atomic mass is 79.9. The largest absolute Gasteiger partial charge is 0.496 e. The van der Waals surface area contributed by atoms with Crippen molar-refractivity contribution in [1.29, 1.82) is 0 Å². The van der Waals surface area contributed by atoms with Gasteiger partial charge in [-0.25, -0.2) is 4.79 Å². The molecule has 6 heteroatoms. The second kappa shape index (κ2) is 7.93. The molecule has 0 aromatic heterocycles. The van der Waals surface area contributed by atoms with Gasteiger partial charge in [-0.1, -0.05) is 30.3 Å². The molecule has 0 atom stereocenters. The summed E-state index contributed by atoms with van der Waals surface area (Å²) >= 11 is 3.33. The molecule has 1 aliphatic rings. The quantitative estimate of drug-likeness (QED) is 0.306. The summed E-state index contributed by atoms with van der Waals surface area (Å²) in [5.74, 6) is 0.694. The molecule has 1 aliphatic heterocycles. The lowest BCUT2D eigenvalue weighted by atomic mass is 10.1. The van der Waals surface area contributed by atoms with Crippen molar-refractivity contribution >= 4 is 33.8 Å². The van der Waals surface area contributed by atoms with Gasteiger partial charge in [-0.2, -0.15) is 0 Å². The average molecular weight is 451 g/mol. The average Bonchev–Trinajstić information content (AvgIpc) is 3.03. The molecule has 0 amide bonds. The van der Waals surface area contributed by atoms with Gasteiger partial charge in [0.15, 0.2) is 5.76 Å². The Labute approximate surface area is 175 Å². The van der Waals surface area contributed by atoms with Crippen LogP contribution in [0.5, 0.6) is 17.2 Å². The number of ketones is 1. The number of allylic oxidation sites excluding steroid dienone is 1. The summed E-state index contributed by atoms with van der Waals surface area (Å²) < 4.78 is 17.1. The van der Waals surface area contributed by atoms with E-state index in [-0.39, 0.29) is 17.3 Å². The second-order valence-corrected chi connectivity index (χ2v) is 7.06. The van der Waals surface area contributed by atoms with Crippen LogP contribution in [0, 0.1) is 0 Å². The summed E-state index contributed by atoms with van der Waals surface area (Å²) in [5, 5.41) is 0. The minimum absolute atomic E-state index is 0.179. The fraction of sp³-hybridized carbons (Fsp3) is 0.0435. The third-order valence-corrected chi connectivity index (χ3v) is 5.06. The van der Waals surface area contributed by atoms with Gasteiger partial charge < -0.3 is 14.2 Å². The second-order valence-electron chi connectivity index (χ2n) is 6.21. The number of halogens is 1. The van der Waals surface area contributed by atoms with E-state index in [4.69, 9.17) is 14.2 Å². The molecule has 3 aromatic carbocycles. The number of carbonyl (C=O) groups excluding carboxylic acids is 2. The summed E-state index contributed by atoms with van der Waals surface area (Å²) in [4.78, 5) is 25.0. The number of benzene rings is 3. The number of ether oxygens (including phenoxy) is 3. The summed E-state index contributed by atoms with van der Waals surface area (Å²) in [6, 6.07) is 19.0. The van der Waals surface area contributed by atoms with Crippen LogP contribution in [-0.2, 0) is 0 Å². The van der Waals surface area contributed by atoms with Gasteiger partial charge >= 0.3 is 5.97 Å². The zero-order chi connectivity index (χ0) is 20.4. The number of rotatable bonds is 4. The third kappa shape index (κ3) is 3.79. The number of methoxy groups -OCH3 is 1. The first-order chi connectivity index (χ1) is 14.1. The van der Waals surface area contributed by atoms with Gasteiger partial charge in [0.2, 0.25) is 5.78 Å². The van der Waals surface area contributed by atoms with E-state index in [1.807, 2.05) is 24.3 Å². The van der Waals surface area contributed by atoms with Crippen LogP contribution in [0.4, 0.5) is 0 Å². The predicted molar refractivity (Wildman–Crippen MR) is 111 cm³/mol. The molecule has 1 heterocycles. The van der Waals surface area contributed by atoms with E-state index >= 15 is 0 Å². The third-order valence-electron chi connectivity index (χ3n) is 4.37. The first kappa shape index (κ1) is 19.0. The van der Waals surface area contributed by atoms with E-state index in [9.17, 15) is 9.59 Å². The molecule has 29 heavy (non-hydrogen) atoms. The molecule has 0 radical (unpaired) electrons. The van der Waals surface area contributed by atoms with Crippen LogP contribution < -0.4 is 14.2 Å². The lowest BCUT2D eigenvalue weighted by molar-refractivity contribution is 0.0733. The van der Waals surface area contributed by atoms with Crippen molar-refractivity contribution in [2.45, 2.75) is 0 Å². The Hall–Kier alpha value is -3.38. The molecule has 5 nitrogen and oxygen atoms in total. The predicted octanol–water partition coefficient (Wildman–Crippen LogP) is 5.29. The minimum atomic E-state index is -0.508. The first-order valence-electron chi connectivity index (χ1n) is 8.75. The Bertz CT molecular complexity index is 1150. The normalized spacial score (nSPS) is 13.7. The van der Waals surface area contributed by atoms with Crippen LogP contribution in [0.15, 0.2) is 77.0 Å². The summed E-state index contributed by atoms with van der Waals surface area (Å²) in [7, 11) is 1.56. The van der Waals surface area contributed by atoms with Crippen LogP contribution in [-0.4, -0.2) is 18.9 Å². The highest BCUT2D eigenvalue weighted by Crippen LogP contribution is 2.36. The van der Waals surface area contributed by atoms with Crippen LogP contribution >= 0.6 is 15.9 Å². The van der Waals surface area contributed by atoms with Crippen molar-refractivity contribution in [1.82, 2.24) is 0 Å². The van der Waals surface area contributed by atoms with Crippen molar-refractivity contribution in [2.75, 3.05) is 7.11 Å². The number of hydrogen-bond acceptors (Lipinski definition) is 5. The molecular formula is C23H15BrO5. The molecule has 0 unspecified atom stereocenters. The van der Waals surface area contributed by atoms with Crippen LogP contribution in [0.2, 0.25) is 0 Å². The van der Waals surface area contributed by atoms with E-state index in [2.05, 4.69) is 15.9 Å². The van der Waals surface area contributed by atoms with Crippen LogP contribution in [0.1, 0.15) is 26.3 Å². The van der Waals surface area contributed by atoms with Crippen molar-refractivity contribution in [2.24, 2.45) is 0 Å². The van der Waals surface area contributed by atoms with Crippen LogP contribution in [0.25, 0.3) is 6.08 Å². The Morgan fingerprint density at radius 1 is 1.03 bits per heavy atom. The molecule has 0 bridgehead atoms. The monoisotopic (exact) mass is 450 g/mol. The first-order valence-corrected chi connectivity index (χ1v) is 9.54. The fourth-order valence-electron chi connectivity index (χ4n) is 2.95.